The third-order valence-corrected chi connectivity index (χ3v) is 15.3. The average molecular weight is 1140 g/mol. The number of hydrogen-bond acceptors (Lipinski definition) is 14. The molecule has 0 aromatic heterocycles. The fourth-order valence-corrected chi connectivity index (χ4v) is 10.2. The van der Waals surface area contributed by atoms with Gasteiger partial charge in [-0.1, -0.05) is 84.7 Å². The van der Waals surface area contributed by atoms with Crippen LogP contribution < -0.4 is 53.6 Å². The lowest BCUT2D eigenvalue weighted by atomic mass is 9.94. The van der Waals surface area contributed by atoms with Crippen molar-refractivity contribution >= 4 is 65.1 Å². The van der Waals surface area contributed by atoms with Gasteiger partial charge in [0.15, 0.2) is 5.96 Å². The number of rotatable bonds is 31. The Bertz CT molecular complexity index is 2340. The van der Waals surface area contributed by atoms with Gasteiger partial charge in [-0.15, -0.1) is 0 Å². The fourth-order valence-electron chi connectivity index (χ4n) is 10.2. The van der Waals surface area contributed by atoms with Crippen molar-refractivity contribution < 1.29 is 63.3 Å². The molecule has 9 amide bonds. The summed E-state index contributed by atoms with van der Waals surface area (Å²) in [6.45, 7) is 12.3. The maximum Gasteiger partial charge on any atom is 0.326 e. The summed E-state index contributed by atoms with van der Waals surface area (Å²) in [4.78, 5) is 141. The molecule has 26 heteroatoms. The summed E-state index contributed by atoms with van der Waals surface area (Å²) in [5.74, 6) is -9.23. The summed E-state index contributed by atoms with van der Waals surface area (Å²) < 4.78 is 0. The summed E-state index contributed by atoms with van der Waals surface area (Å²) in [6.07, 6.45) is 2.21. The molecular weight excluding hydrogens is 1050 g/mol. The molecule has 0 aliphatic carbocycles. The Balaban J connectivity index is 1.55. The minimum atomic E-state index is -1.56. The molecule has 0 bridgehead atoms. The van der Waals surface area contributed by atoms with Crippen LogP contribution in [-0.2, 0) is 54.4 Å². The van der Waals surface area contributed by atoms with Crippen molar-refractivity contribution in [3.05, 3.63) is 35.9 Å². The third-order valence-electron chi connectivity index (χ3n) is 15.3. The number of guanidine groups is 1. The van der Waals surface area contributed by atoms with Crippen LogP contribution in [0.3, 0.4) is 0 Å². The quantitative estimate of drug-likeness (QED) is 0.0222. The number of amides is 9. The summed E-state index contributed by atoms with van der Waals surface area (Å²) in [5.41, 5.74) is 6.07. The van der Waals surface area contributed by atoms with Crippen molar-refractivity contribution in [1.82, 2.24) is 57.7 Å². The molecule has 0 spiro atoms. The Morgan fingerprint density at radius 2 is 1.19 bits per heavy atom. The van der Waals surface area contributed by atoms with Crippen LogP contribution in [0.1, 0.15) is 125 Å². The lowest BCUT2D eigenvalue weighted by Crippen LogP contribution is -2.62. The predicted molar refractivity (Wildman–Crippen MR) is 298 cm³/mol. The number of aliphatic hydroxyl groups excluding tert-OH is 2. The zero-order chi connectivity index (χ0) is 60.1. The lowest BCUT2D eigenvalue weighted by Gasteiger charge is -2.33. The van der Waals surface area contributed by atoms with Crippen LogP contribution in [0.25, 0.3) is 0 Å². The first-order chi connectivity index (χ1) is 38.4. The number of hydrogen-bond donors (Lipinski definition) is 14. The van der Waals surface area contributed by atoms with Crippen molar-refractivity contribution in [1.29, 1.82) is 5.41 Å². The Morgan fingerprint density at radius 3 is 1.73 bits per heavy atom. The van der Waals surface area contributed by atoms with E-state index in [2.05, 4.69) is 47.9 Å². The molecule has 0 unspecified atom stereocenters. The molecule has 4 rings (SSSR count). The summed E-state index contributed by atoms with van der Waals surface area (Å²) in [5, 5.41) is 62.8. The first-order valence-electron chi connectivity index (χ1n) is 28.5. The Labute approximate surface area is 474 Å². The molecule has 1 aromatic rings. The molecule has 0 saturated carbocycles. The highest BCUT2D eigenvalue weighted by atomic mass is 16.4. The van der Waals surface area contributed by atoms with Gasteiger partial charge in [0.25, 0.3) is 0 Å². The Kier molecular flexibility index (Phi) is 26.7. The van der Waals surface area contributed by atoms with Crippen molar-refractivity contribution in [3.63, 3.8) is 0 Å². The molecule has 0 radical (unpaired) electrons. The van der Waals surface area contributed by atoms with Crippen LogP contribution in [0.15, 0.2) is 30.3 Å². The molecule has 3 aliphatic rings. The highest BCUT2D eigenvalue weighted by molar-refractivity contribution is 5.99. The smallest absolute Gasteiger partial charge is 0.326 e. The molecule has 3 saturated heterocycles. The third kappa shape index (κ3) is 19.6. The van der Waals surface area contributed by atoms with E-state index in [4.69, 9.17) is 11.1 Å². The molecule has 26 nitrogen and oxygen atoms in total. The van der Waals surface area contributed by atoms with Gasteiger partial charge in [0.2, 0.25) is 53.2 Å². The lowest BCUT2D eigenvalue weighted by molar-refractivity contribution is -0.150. The molecule has 15 N–H and O–H groups in total. The van der Waals surface area contributed by atoms with Gasteiger partial charge in [-0.25, -0.2) is 4.79 Å². The zero-order valence-electron chi connectivity index (χ0n) is 47.9. The van der Waals surface area contributed by atoms with Gasteiger partial charge in [-0.2, -0.15) is 0 Å². The number of carbonyl (C=O) groups is 10. The van der Waals surface area contributed by atoms with Crippen LogP contribution in [-0.4, -0.2) is 190 Å². The second-order valence-electron chi connectivity index (χ2n) is 22.1. The highest BCUT2D eigenvalue weighted by Gasteiger charge is 2.43. The topological polar surface area (TPSA) is 396 Å². The van der Waals surface area contributed by atoms with Crippen molar-refractivity contribution in [3.8, 4) is 0 Å². The summed E-state index contributed by atoms with van der Waals surface area (Å²) in [7, 11) is 0. The van der Waals surface area contributed by atoms with E-state index in [0.29, 0.717) is 44.2 Å². The number of nitrogens with one attached hydrogen (secondary N) is 10. The maximum atomic E-state index is 14.6. The van der Waals surface area contributed by atoms with E-state index < -0.39 is 144 Å². The largest absolute Gasteiger partial charge is 0.480 e. The SMILES string of the molecule is CC[C@H](C)[C@H](NC(=O)[C@H](CC(C)C)NC(=O)[C@@H](NC(=O)[C@@H]1CCCN1C(=O)[C@@H](NC(=O)[C@@H]1CCCN1)[C@@H](C)O)[C@@H](C)CC)C(=O)N[C@@H](Cc1ccccc1)C(=O)N[C@@H](CCCNC(=N)N)C(=O)N[C@@H](CO)C(=O)N1CCC[C@H]1C(=O)O. The van der Waals surface area contributed by atoms with Crippen LogP contribution in [0, 0.1) is 23.2 Å². The van der Waals surface area contributed by atoms with E-state index in [-0.39, 0.29) is 70.0 Å². The molecular formula is C55H89N13O13. The van der Waals surface area contributed by atoms with Gasteiger partial charge in [0.1, 0.15) is 54.4 Å². The van der Waals surface area contributed by atoms with Crippen molar-refractivity contribution in [2.45, 2.75) is 192 Å². The van der Waals surface area contributed by atoms with Crippen molar-refractivity contribution in [2.24, 2.45) is 23.5 Å². The number of aliphatic carboxylic acids is 1. The number of nitrogens with two attached hydrogens (primary N) is 1. The van der Waals surface area contributed by atoms with Gasteiger partial charge in [-0.3, -0.25) is 48.6 Å². The molecule has 3 heterocycles. The number of carboxylic acids is 1. The van der Waals surface area contributed by atoms with E-state index in [1.165, 1.54) is 11.8 Å². The number of aliphatic hydroxyl groups is 2. The summed E-state index contributed by atoms with van der Waals surface area (Å²) >= 11 is 0. The number of benzene rings is 1. The second-order valence-corrected chi connectivity index (χ2v) is 22.1. The first kappa shape index (κ1) is 66.6. The number of carbonyl (C=O) groups excluding carboxylic acids is 9. The van der Waals surface area contributed by atoms with Gasteiger partial charge in [0.05, 0.1) is 18.8 Å². The van der Waals surface area contributed by atoms with Crippen LogP contribution in [0.5, 0.6) is 0 Å². The van der Waals surface area contributed by atoms with Gasteiger partial charge in [0, 0.05) is 26.1 Å². The van der Waals surface area contributed by atoms with Gasteiger partial charge in [-0.05, 0) is 94.6 Å². The second kappa shape index (κ2) is 32.5. The number of nitrogens with zero attached hydrogens (tertiary/aromatic N) is 2. The molecule has 452 valence electrons. The number of likely N-dealkylation sites (tertiary alicyclic amines) is 2. The van der Waals surface area contributed by atoms with Crippen molar-refractivity contribution in [2.75, 3.05) is 32.8 Å². The normalized spacial score (nSPS) is 20.6. The van der Waals surface area contributed by atoms with Crippen LogP contribution in [0.2, 0.25) is 0 Å². The Morgan fingerprint density at radius 1 is 0.654 bits per heavy atom. The maximum absolute atomic E-state index is 14.6. The van der Waals surface area contributed by atoms with Gasteiger partial charge >= 0.3 is 5.97 Å². The van der Waals surface area contributed by atoms with E-state index in [0.717, 1.165) is 11.3 Å². The minimum absolute atomic E-state index is 0.0870. The standard InChI is InChI=1S/C55H89N13O13/c1-8-31(5)42(50(76)62-38(28-34-17-11-10-12-18-34)47(73)60-36(20-14-24-59-55(56)57)46(72)63-39(29-69)52(78)68-26-16-22-41(68)54(80)81)64-48(74)37(27-30(3)4)61-51(77)43(32(6)9-2)65-49(75)40-21-15-25-67(40)53(79)44(33(7)70)66-45(71)35-19-13-23-58-35/h10-12,17-18,30-33,35-44,58,69-70H,8-9,13-16,19-29H2,1-7H3,(H,60,73)(H,61,77)(H,62,76)(H,63,72)(H,64,74)(H,65,75)(H,66,71)(H,80,81)(H4,56,57,59)/t31-,32-,33+,35-,36-,37-,38-,39-,40-,41-,42-,43-,44-/m0/s1. The van der Waals surface area contributed by atoms with Crippen LogP contribution in [0.4, 0.5) is 0 Å². The monoisotopic (exact) mass is 1140 g/mol. The average Bonchev–Trinajstić information content (AvgIpc) is 4.27. The Hall–Kier alpha value is -6.93. The minimum Gasteiger partial charge on any atom is -0.480 e. The molecule has 1 aromatic carbocycles. The number of carboxylic acid groups (broad SMARTS) is 1. The molecule has 3 aliphatic heterocycles. The molecule has 3 fully saturated rings. The predicted octanol–water partition coefficient (Wildman–Crippen LogP) is -1.78. The van der Waals surface area contributed by atoms with E-state index >= 15 is 0 Å². The highest BCUT2D eigenvalue weighted by Crippen LogP contribution is 2.23. The van der Waals surface area contributed by atoms with E-state index in [1.807, 2.05) is 20.8 Å². The zero-order valence-corrected chi connectivity index (χ0v) is 47.9. The van der Waals surface area contributed by atoms with E-state index in [1.54, 1.807) is 51.1 Å². The van der Waals surface area contributed by atoms with Gasteiger partial charge < -0.3 is 78.7 Å². The molecule has 81 heavy (non-hydrogen) atoms. The summed E-state index contributed by atoms with van der Waals surface area (Å²) in [6, 6.07) is -3.40. The van der Waals surface area contributed by atoms with E-state index in [9.17, 15) is 63.3 Å². The van der Waals surface area contributed by atoms with Crippen LogP contribution >= 0.6 is 0 Å². The fraction of sp³-hybridized carbons (Fsp3) is 0.691. The first-order valence-corrected chi connectivity index (χ1v) is 28.5. The molecule has 13 atom stereocenters.